The zero-order chi connectivity index (χ0) is 9.60. The van der Waals surface area contributed by atoms with Crippen molar-refractivity contribution in [1.29, 1.82) is 0 Å². The summed E-state index contributed by atoms with van der Waals surface area (Å²) >= 11 is 1.89. The van der Waals surface area contributed by atoms with Crippen molar-refractivity contribution < 1.29 is 0 Å². The van der Waals surface area contributed by atoms with Gasteiger partial charge in [-0.3, -0.25) is 0 Å². The number of rotatable bonds is 2. The van der Waals surface area contributed by atoms with Crippen LogP contribution in [0.3, 0.4) is 0 Å². The van der Waals surface area contributed by atoms with Gasteiger partial charge in [-0.05, 0) is 62.1 Å². The molecule has 1 saturated heterocycles. The third kappa shape index (κ3) is 1.17. The predicted molar refractivity (Wildman–Crippen MR) is 60.7 cm³/mol. The minimum Gasteiger partial charge on any atom is -0.307 e. The third-order valence-electron chi connectivity index (χ3n) is 3.80. The summed E-state index contributed by atoms with van der Waals surface area (Å²) in [6.07, 6.45) is 5.57. The molecule has 0 spiro atoms. The van der Waals surface area contributed by atoms with Crippen molar-refractivity contribution >= 4 is 11.3 Å². The predicted octanol–water partition coefficient (Wildman–Crippen LogP) is 3.05. The fourth-order valence-electron chi connectivity index (χ4n) is 2.99. The van der Waals surface area contributed by atoms with Gasteiger partial charge in [0.2, 0.25) is 0 Å². The highest BCUT2D eigenvalue weighted by Gasteiger charge is 2.48. The van der Waals surface area contributed by atoms with Crippen molar-refractivity contribution in [2.24, 2.45) is 5.92 Å². The highest BCUT2D eigenvalue weighted by Crippen LogP contribution is 2.51. The van der Waals surface area contributed by atoms with Gasteiger partial charge in [0.1, 0.15) is 0 Å². The molecule has 2 heterocycles. The maximum atomic E-state index is 3.78. The Morgan fingerprint density at radius 1 is 1.50 bits per heavy atom. The maximum absolute atomic E-state index is 3.78. The van der Waals surface area contributed by atoms with E-state index in [0.717, 1.165) is 5.92 Å². The lowest BCUT2D eigenvalue weighted by Gasteiger charge is -2.30. The molecular formula is C12H17NS. The highest BCUT2D eigenvalue weighted by atomic mass is 32.1. The molecule has 1 aliphatic carbocycles. The Bertz CT molecular complexity index is 332. The molecule has 3 rings (SSSR count). The summed E-state index contributed by atoms with van der Waals surface area (Å²) in [6, 6.07) is 2.34. The van der Waals surface area contributed by atoms with E-state index < -0.39 is 0 Å². The second-order valence-corrected chi connectivity index (χ2v) is 5.79. The molecule has 0 bridgehead atoms. The first-order valence-corrected chi connectivity index (χ1v) is 6.50. The van der Waals surface area contributed by atoms with Crippen LogP contribution in [0.4, 0.5) is 0 Å². The van der Waals surface area contributed by atoms with Crippen LogP contribution < -0.4 is 5.32 Å². The van der Waals surface area contributed by atoms with E-state index in [1.807, 2.05) is 11.3 Å². The Hall–Kier alpha value is -0.340. The molecule has 1 N–H and O–H groups in total. The lowest BCUT2D eigenvalue weighted by molar-refractivity contribution is 0.336. The Morgan fingerprint density at radius 3 is 2.86 bits per heavy atom. The molecule has 0 radical (unpaired) electrons. The molecule has 2 heteroatoms. The van der Waals surface area contributed by atoms with E-state index in [4.69, 9.17) is 0 Å². The maximum Gasteiger partial charge on any atom is 0.0474 e. The van der Waals surface area contributed by atoms with Crippen LogP contribution in [-0.4, -0.2) is 6.54 Å². The molecule has 1 atom stereocenters. The van der Waals surface area contributed by atoms with Crippen LogP contribution in [0.25, 0.3) is 0 Å². The van der Waals surface area contributed by atoms with Gasteiger partial charge < -0.3 is 5.32 Å². The van der Waals surface area contributed by atoms with Crippen molar-refractivity contribution in [1.82, 2.24) is 5.32 Å². The van der Waals surface area contributed by atoms with E-state index in [-0.39, 0.29) is 0 Å². The van der Waals surface area contributed by atoms with E-state index in [0.29, 0.717) is 5.54 Å². The van der Waals surface area contributed by atoms with Crippen LogP contribution in [0, 0.1) is 12.8 Å². The molecule has 0 amide bonds. The number of hydrogen-bond donors (Lipinski definition) is 1. The Kier molecular flexibility index (Phi) is 1.96. The molecule has 0 aromatic carbocycles. The van der Waals surface area contributed by atoms with E-state index in [9.17, 15) is 0 Å². The van der Waals surface area contributed by atoms with Crippen molar-refractivity contribution in [2.75, 3.05) is 6.54 Å². The number of hydrogen-bond acceptors (Lipinski definition) is 2. The normalized spacial score (nSPS) is 32.4. The highest BCUT2D eigenvalue weighted by molar-refractivity contribution is 7.10. The molecule has 1 nitrogen and oxygen atoms in total. The number of nitrogens with one attached hydrogen (secondary N) is 1. The van der Waals surface area contributed by atoms with Gasteiger partial charge >= 0.3 is 0 Å². The summed E-state index contributed by atoms with van der Waals surface area (Å²) in [7, 11) is 0. The first-order valence-electron chi connectivity index (χ1n) is 5.62. The van der Waals surface area contributed by atoms with E-state index in [1.165, 1.54) is 37.1 Å². The largest absolute Gasteiger partial charge is 0.307 e. The van der Waals surface area contributed by atoms with Crippen molar-refractivity contribution in [2.45, 2.75) is 38.1 Å². The standard InChI is InChI=1S/C12H17NS/c1-9-11(5-8-14-9)12(10-3-4-10)6-2-7-13-12/h5,8,10,13H,2-4,6-7H2,1H3. The average molecular weight is 207 g/mol. The van der Waals surface area contributed by atoms with Crippen LogP contribution in [-0.2, 0) is 5.54 Å². The lowest BCUT2D eigenvalue weighted by Crippen LogP contribution is -2.39. The number of thiophene rings is 1. The van der Waals surface area contributed by atoms with Crippen LogP contribution >= 0.6 is 11.3 Å². The Labute approximate surface area is 89.5 Å². The fraction of sp³-hybridized carbons (Fsp3) is 0.667. The monoisotopic (exact) mass is 207 g/mol. The van der Waals surface area contributed by atoms with E-state index >= 15 is 0 Å². The first-order chi connectivity index (χ1) is 6.83. The van der Waals surface area contributed by atoms with Crippen LogP contribution in [0.2, 0.25) is 0 Å². The van der Waals surface area contributed by atoms with Gasteiger partial charge in [0.05, 0.1) is 0 Å². The summed E-state index contributed by atoms with van der Waals surface area (Å²) in [5.41, 5.74) is 1.98. The van der Waals surface area contributed by atoms with Gasteiger partial charge in [-0.25, -0.2) is 0 Å². The summed E-state index contributed by atoms with van der Waals surface area (Å²) in [5.74, 6) is 0.929. The average Bonchev–Trinajstić information content (AvgIpc) is 2.77. The fourth-order valence-corrected chi connectivity index (χ4v) is 3.77. The van der Waals surface area contributed by atoms with Crippen LogP contribution in [0.15, 0.2) is 11.4 Å². The molecule has 1 aromatic rings. The molecule has 76 valence electrons. The van der Waals surface area contributed by atoms with Gasteiger partial charge in [0.25, 0.3) is 0 Å². The molecule has 2 aliphatic rings. The lowest BCUT2D eigenvalue weighted by atomic mass is 9.84. The summed E-state index contributed by atoms with van der Waals surface area (Å²) < 4.78 is 0. The summed E-state index contributed by atoms with van der Waals surface area (Å²) in [5, 5.41) is 6.03. The third-order valence-corrected chi connectivity index (χ3v) is 4.65. The van der Waals surface area contributed by atoms with Gasteiger partial charge in [0, 0.05) is 10.4 Å². The van der Waals surface area contributed by atoms with Crippen molar-refractivity contribution in [3.63, 3.8) is 0 Å². The Balaban J connectivity index is 2.03. The SMILES string of the molecule is Cc1sccc1C1(C2CC2)CCCN1. The quantitative estimate of drug-likeness (QED) is 0.786. The topological polar surface area (TPSA) is 12.0 Å². The summed E-state index contributed by atoms with van der Waals surface area (Å²) in [6.45, 7) is 3.48. The van der Waals surface area contributed by atoms with Gasteiger partial charge in [0.15, 0.2) is 0 Å². The van der Waals surface area contributed by atoms with Gasteiger partial charge in [-0.15, -0.1) is 11.3 Å². The molecule has 1 saturated carbocycles. The molecule has 14 heavy (non-hydrogen) atoms. The van der Waals surface area contributed by atoms with Crippen molar-refractivity contribution in [3.8, 4) is 0 Å². The summed E-state index contributed by atoms with van der Waals surface area (Å²) in [4.78, 5) is 1.52. The zero-order valence-electron chi connectivity index (χ0n) is 8.68. The Morgan fingerprint density at radius 2 is 2.36 bits per heavy atom. The number of aryl methyl sites for hydroxylation is 1. The second-order valence-electron chi connectivity index (χ2n) is 4.67. The van der Waals surface area contributed by atoms with Gasteiger partial charge in [-0.2, -0.15) is 0 Å². The molecule has 1 unspecified atom stereocenters. The first kappa shape index (κ1) is 8.93. The van der Waals surface area contributed by atoms with E-state index in [1.54, 1.807) is 5.56 Å². The molecule has 2 fully saturated rings. The smallest absolute Gasteiger partial charge is 0.0474 e. The van der Waals surface area contributed by atoms with E-state index in [2.05, 4.69) is 23.7 Å². The van der Waals surface area contributed by atoms with Crippen LogP contribution in [0.5, 0.6) is 0 Å². The van der Waals surface area contributed by atoms with Crippen molar-refractivity contribution in [3.05, 3.63) is 21.9 Å². The molecule has 1 aliphatic heterocycles. The molecular weight excluding hydrogens is 190 g/mol. The minimum atomic E-state index is 0.379. The van der Waals surface area contributed by atoms with Crippen LogP contribution in [0.1, 0.15) is 36.1 Å². The minimum absolute atomic E-state index is 0.379. The van der Waals surface area contributed by atoms with Gasteiger partial charge in [-0.1, -0.05) is 0 Å². The molecule has 1 aromatic heterocycles. The zero-order valence-corrected chi connectivity index (χ0v) is 9.49. The second kappa shape index (κ2) is 3.07.